The van der Waals surface area contributed by atoms with Crippen molar-refractivity contribution in [2.45, 2.75) is 26.4 Å². The van der Waals surface area contributed by atoms with E-state index in [1.807, 2.05) is 6.07 Å². The van der Waals surface area contributed by atoms with Crippen LogP contribution in [0.1, 0.15) is 19.5 Å². The Bertz CT molecular complexity index is 570. The van der Waals surface area contributed by atoms with Crippen molar-refractivity contribution in [1.29, 1.82) is 0 Å². The summed E-state index contributed by atoms with van der Waals surface area (Å²) in [6.45, 7) is 4.82. The summed E-state index contributed by atoms with van der Waals surface area (Å²) in [7, 11) is 0. The van der Waals surface area contributed by atoms with Crippen LogP contribution in [0.3, 0.4) is 0 Å². The van der Waals surface area contributed by atoms with Gasteiger partial charge in [-0.1, -0.05) is 29.8 Å². The second kappa shape index (κ2) is 6.81. The smallest absolute Gasteiger partial charge is 0.131 e. The molecule has 0 unspecified atom stereocenters. The van der Waals surface area contributed by atoms with Gasteiger partial charge in [0.05, 0.1) is 5.69 Å². The van der Waals surface area contributed by atoms with E-state index in [0.717, 1.165) is 5.69 Å². The fraction of sp³-hybridized carbons (Fsp3) is 0.267. The first-order valence-corrected chi connectivity index (χ1v) is 7.14. The zero-order valence-electron chi connectivity index (χ0n) is 11.4. The van der Waals surface area contributed by atoms with Gasteiger partial charge in [-0.25, -0.2) is 4.39 Å². The zero-order valence-corrected chi connectivity index (χ0v) is 12.9. The highest BCUT2D eigenvalue weighted by molar-refractivity contribution is 9.10. The van der Waals surface area contributed by atoms with Crippen LogP contribution in [-0.2, 0) is 6.54 Å². The molecule has 5 heteroatoms. The van der Waals surface area contributed by atoms with Crippen molar-refractivity contribution in [3.05, 3.63) is 52.5 Å². The van der Waals surface area contributed by atoms with Gasteiger partial charge in [0.2, 0.25) is 0 Å². The van der Waals surface area contributed by atoms with Crippen LogP contribution in [0.5, 0.6) is 11.5 Å². The molecule has 0 aliphatic rings. The largest absolute Gasteiger partial charge is 0.457 e. The van der Waals surface area contributed by atoms with E-state index in [4.69, 9.17) is 4.74 Å². The van der Waals surface area contributed by atoms with Crippen LogP contribution in [0.25, 0.3) is 0 Å². The van der Waals surface area contributed by atoms with Crippen molar-refractivity contribution in [3.8, 4) is 11.5 Å². The second-order valence-corrected chi connectivity index (χ2v) is 5.64. The Kier molecular flexibility index (Phi) is 5.09. The molecule has 0 bridgehead atoms. The molecular weight excluding hydrogens is 323 g/mol. The maximum absolute atomic E-state index is 13.3. The molecule has 0 spiro atoms. The summed E-state index contributed by atoms with van der Waals surface area (Å²) in [6.07, 6.45) is 1.68. The second-order valence-electron chi connectivity index (χ2n) is 4.73. The molecule has 1 aromatic carbocycles. The predicted molar refractivity (Wildman–Crippen MR) is 80.4 cm³/mol. The maximum atomic E-state index is 13.3. The summed E-state index contributed by atoms with van der Waals surface area (Å²) in [5, 5.41) is 3.29. The maximum Gasteiger partial charge on any atom is 0.131 e. The van der Waals surface area contributed by atoms with E-state index in [-0.39, 0.29) is 5.82 Å². The number of hydrogen-bond donors (Lipinski definition) is 1. The summed E-state index contributed by atoms with van der Waals surface area (Å²) in [5.41, 5.74) is 0.881. The van der Waals surface area contributed by atoms with Crippen LogP contribution < -0.4 is 10.1 Å². The number of benzene rings is 1. The molecule has 0 fully saturated rings. The van der Waals surface area contributed by atoms with Crippen LogP contribution in [-0.4, -0.2) is 11.0 Å². The topological polar surface area (TPSA) is 34.1 Å². The standard InChI is InChI=1S/C15H16BrFN2O/c1-10(2)19-9-13-8-14(3-4-18-13)20-15-6-11(16)5-12(17)7-15/h3-8,10,19H,9H2,1-2H3. The number of nitrogens with zero attached hydrogens (tertiary/aromatic N) is 1. The molecule has 0 radical (unpaired) electrons. The van der Waals surface area contributed by atoms with E-state index >= 15 is 0 Å². The fourth-order valence-corrected chi connectivity index (χ4v) is 2.09. The van der Waals surface area contributed by atoms with Crippen molar-refractivity contribution in [3.63, 3.8) is 0 Å². The number of nitrogens with one attached hydrogen (secondary N) is 1. The van der Waals surface area contributed by atoms with Crippen molar-refractivity contribution in [1.82, 2.24) is 10.3 Å². The van der Waals surface area contributed by atoms with Crippen molar-refractivity contribution in [2.24, 2.45) is 0 Å². The normalized spacial score (nSPS) is 10.8. The van der Waals surface area contributed by atoms with Crippen molar-refractivity contribution < 1.29 is 9.13 Å². The Morgan fingerprint density at radius 1 is 1.25 bits per heavy atom. The highest BCUT2D eigenvalue weighted by Crippen LogP contribution is 2.26. The zero-order chi connectivity index (χ0) is 14.5. The highest BCUT2D eigenvalue weighted by Gasteiger charge is 2.04. The fourth-order valence-electron chi connectivity index (χ4n) is 1.65. The summed E-state index contributed by atoms with van der Waals surface area (Å²) in [5.74, 6) is 0.744. The highest BCUT2D eigenvalue weighted by atomic mass is 79.9. The van der Waals surface area contributed by atoms with Crippen molar-refractivity contribution in [2.75, 3.05) is 0 Å². The van der Waals surface area contributed by atoms with Gasteiger partial charge in [-0.2, -0.15) is 0 Å². The molecule has 0 saturated heterocycles. The number of aromatic nitrogens is 1. The van der Waals surface area contributed by atoms with Gasteiger partial charge in [0.25, 0.3) is 0 Å². The average Bonchev–Trinajstić information content (AvgIpc) is 2.35. The SMILES string of the molecule is CC(C)NCc1cc(Oc2cc(F)cc(Br)c2)ccn1. The Balaban J connectivity index is 2.11. The summed E-state index contributed by atoms with van der Waals surface area (Å²) in [4.78, 5) is 4.26. The van der Waals surface area contributed by atoms with Gasteiger partial charge in [-0.15, -0.1) is 0 Å². The van der Waals surface area contributed by atoms with Crippen LogP contribution in [0.15, 0.2) is 41.0 Å². The molecule has 1 heterocycles. The summed E-state index contributed by atoms with van der Waals surface area (Å²) >= 11 is 3.24. The molecule has 2 aromatic rings. The molecule has 2 rings (SSSR count). The number of rotatable bonds is 5. The quantitative estimate of drug-likeness (QED) is 0.883. The minimum absolute atomic E-state index is 0.342. The first-order chi connectivity index (χ1) is 9.52. The van der Waals surface area contributed by atoms with Gasteiger partial charge < -0.3 is 10.1 Å². The van der Waals surface area contributed by atoms with E-state index in [2.05, 4.69) is 40.1 Å². The van der Waals surface area contributed by atoms with E-state index in [1.54, 1.807) is 18.3 Å². The lowest BCUT2D eigenvalue weighted by Crippen LogP contribution is -2.22. The third kappa shape index (κ3) is 4.58. The van der Waals surface area contributed by atoms with E-state index in [1.165, 1.54) is 12.1 Å². The van der Waals surface area contributed by atoms with Gasteiger partial charge in [-0.3, -0.25) is 4.98 Å². The molecule has 0 saturated carbocycles. The van der Waals surface area contributed by atoms with Gasteiger partial charge in [0.15, 0.2) is 0 Å². The molecule has 1 aromatic heterocycles. The number of hydrogen-bond acceptors (Lipinski definition) is 3. The summed E-state index contributed by atoms with van der Waals surface area (Å²) < 4.78 is 19.6. The van der Waals surface area contributed by atoms with Crippen molar-refractivity contribution >= 4 is 15.9 Å². The third-order valence-electron chi connectivity index (χ3n) is 2.55. The summed E-state index contributed by atoms with van der Waals surface area (Å²) in [6, 6.07) is 8.43. The molecule has 106 valence electrons. The van der Waals surface area contributed by atoms with Gasteiger partial charge >= 0.3 is 0 Å². The molecular formula is C15H16BrFN2O. The monoisotopic (exact) mass is 338 g/mol. The van der Waals surface area contributed by atoms with E-state index < -0.39 is 0 Å². The Labute approximate surface area is 126 Å². The van der Waals surface area contributed by atoms with Crippen LogP contribution >= 0.6 is 15.9 Å². The molecule has 0 atom stereocenters. The lowest BCUT2D eigenvalue weighted by Gasteiger charge is -2.10. The lowest BCUT2D eigenvalue weighted by atomic mass is 10.3. The van der Waals surface area contributed by atoms with Crippen LogP contribution in [0.4, 0.5) is 4.39 Å². The third-order valence-corrected chi connectivity index (χ3v) is 3.01. The number of halogens is 2. The van der Waals surface area contributed by atoms with Crippen LogP contribution in [0, 0.1) is 5.82 Å². The first kappa shape index (κ1) is 14.9. The molecule has 0 aliphatic carbocycles. The van der Waals surface area contributed by atoms with E-state index in [9.17, 15) is 4.39 Å². The number of pyridine rings is 1. The van der Waals surface area contributed by atoms with Crippen LogP contribution in [0.2, 0.25) is 0 Å². The lowest BCUT2D eigenvalue weighted by molar-refractivity contribution is 0.473. The van der Waals surface area contributed by atoms with Gasteiger partial charge in [0.1, 0.15) is 17.3 Å². The average molecular weight is 339 g/mol. The molecule has 1 N–H and O–H groups in total. The predicted octanol–water partition coefficient (Wildman–Crippen LogP) is 4.27. The Morgan fingerprint density at radius 2 is 2.05 bits per heavy atom. The number of ether oxygens (including phenoxy) is 1. The van der Waals surface area contributed by atoms with Gasteiger partial charge in [-0.05, 0) is 18.2 Å². The minimum atomic E-state index is -0.342. The molecule has 0 amide bonds. The molecule has 20 heavy (non-hydrogen) atoms. The Morgan fingerprint density at radius 3 is 2.75 bits per heavy atom. The first-order valence-electron chi connectivity index (χ1n) is 6.35. The Hall–Kier alpha value is -1.46. The molecule has 3 nitrogen and oxygen atoms in total. The van der Waals surface area contributed by atoms with E-state index in [0.29, 0.717) is 28.6 Å². The molecule has 0 aliphatic heterocycles. The van der Waals surface area contributed by atoms with Gasteiger partial charge in [0, 0.05) is 35.4 Å². The minimum Gasteiger partial charge on any atom is -0.457 e.